The van der Waals surface area contributed by atoms with Gasteiger partial charge in [0.2, 0.25) is 0 Å². The molecule has 0 bridgehead atoms. The average molecular weight is 287 g/mol. The third kappa shape index (κ3) is 2.33. The average Bonchev–Trinajstić information content (AvgIpc) is 3.01. The Kier molecular flexibility index (Phi) is 3.52. The van der Waals surface area contributed by atoms with Gasteiger partial charge in [0.05, 0.1) is 22.1 Å². The molecule has 1 unspecified atom stereocenters. The van der Waals surface area contributed by atoms with E-state index in [2.05, 4.69) is 26.0 Å². The number of hydrazine groups is 1. The Morgan fingerprint density at radius 1 is 1.40 bits per heavy atom. The highest BCUT2D eigenvalue weighted by Gasteiger charge is 2.17. The predicted octanol–water partition coefficient (Wildman–Crippen LogP) is 2.09. The zero-order valence-electron chi connectivity index (χ0n) is 11.5. The number of nitrogens with two attached hydrogens (primary N) is 1. The van der Waals surface area contributed by atoms with Crippen LogP contribution in [0.3, 0.4) is 0 Å². The molecule has 6 heteroatoms. The van der Waals surface area contributed by atoms with Crippen molar-refractivity contribution in [3.8, 4) is 0 Å². The Morgan fingerprint density at radius 3 is 2.85 bits per heavy atom. The second-order valence-electron chi connectivity index (χ2n) is 4.78. The van der Waals surface area contributed by atoms with Gasteiger partial charge in [0.15, 0.2) is 0 Å². The molecule has 3 aromatic rings. The Labute approximate surface area is 121 Å². The molecule has 0 radical (unpaired) electrons. The lowest BCUT2D eigenvalue weighted by molar-refractivity contribution is 0.539. The van der Waals surface area contributed by atoms with Gasteiger partial charge in [-0.3, -0.25) is 11.3 Å². The molecule has 2 heterocycles. The van der Waals surface area contributed by atoms with Crippen molar-refractivity contribution >= 4 is 22.4 Å². The fourth-order valence-corrected chi connectivity index (χ4v) is 3.19. The van der Waals surface area contributed by atoms with Crippen molar-refractivity contribution in [2.75, 3.05) is 0 Å². The maximum atomic E-state index is 5.70. The predicted molar refractivity (Wildman–Crippen MR) is 81.3 cm³/mol. The van der Waals surface area contributed by atoms with Crippen LogP contribution in [0.5, 0.6) is 0 Å². The quantitative estimate of drug-likeness (QED) is 0.569. The molecule has 0 aliphatic heterocycles. The smallest absolute Gasteiger partial charge is 0.111 e. The molecule has 0 aliphatic rings. The lowest BCUT2D eigenvalue weighted by atomic mass is 10.2. The molecular weight excluding hydrogens is 270 g/mol. The van der Waals surface area contributed by atoms with E-state index >= 15 is 0 Å². The van der Waals surface area contributed by atoms with Crippen molar-refractivity contribution in [3.05, 3.63) is 46.2 Å². The van der Waals surface area contributed by atoms with Gasteiger partial charge in [0.25, 0.3) is 0 Å². The van der Waals surface area contributed by atoms with Crippen molar-refractivity contribution in [2.24, 2.45) is 12.9 Å². The van der Waals surface area contributed by atoms with Crippen LogP contribution in [-0.4, -0.2) is 14.5 Å². The number of benzene rings is 1. The van der Waals surface area contributed by atoms with Gasteiger partial charge in [-0.15, -0.1) is 11.3 Å². The van der Waals surface area contributed by atoms with Crippen LogP contribution in [0.1, 0.15) is 21.8 Å². The van der Waals surface area contributed by atoms with E-state index in [4.69, 9.17) is 5.84 Å². The second kappa shape index (κ2) is 5.32. The highest BCUT2D eigenvalue weighted by atomic mass is 32.1. The van der Waals surface area contributed by atoms with Gasteiger partial charge < -0.3 is 4.57 Å². The molecule has 0 amide bonds. The van der Waals surface area contributed by atoms with Gasteiger partial charge in [-0.25, -0.2) is 9.97 Å². The van der Waals surface area contributed by atoms with Crippen LogP contribution in [0.25, 0.3) is 11.0 Å². The van der Waals surface area contributed by atoms with Gasteiger partial charge in [-0.2, -0.15) is 0 Å². The number of imidazole rings is 1. The largest absolute Gasteiger partial charge is 0.331 e. The summed E-state index contributed by atoms with van der Waals surface area (Å²) in [5.41, 5.74) is 5.02. The monoisotopic (exact) mass is 287 g/mol. The van der Waals surface area contributed by atoms with Crippen LogP contribution in [0.15, 0.2) is 30.5 Å². The second-order valence-corrected chi connectivity index (χ2v) is 6.05. The van der Waals surface area contributed by atoms with Crippen molar-refractivity contribution < 1.29 is 0 Å². The van der Waals surface area contributed by atoms with Crippen LogP contribution < -0.4 is 11.3 Å². The summed E-state index contributed by atoms with van der Waals surface area (Å²) in [6.07, 6.45) is 2.62. The number of aromatic nitrogens is 3. The summed E-state index contributed by atoms with van der Waals surface area (Å²) in [7, 11) is 2.04. The maximum Gasteiger partial charge on any atom is 0.111 e. The number of thiazole rings is 1. The molecule has 3 N–H and O–H groups in total. The van der Waals surface area contributed by atoms with E-state index in [0.717, 1.165) is 33.2 Å². The molecule has 3 rings (SSSR count). The van der Waals surface area contributed by atoms with Gasteiger partial charge in [0, 0.05) is 24.5 Å². The van der Waals surface area contributed by atoms with Crippen LogP contribution in [0.4, 0.5) is 0 Å². The molecule has 0 spiro atoms. The first-order valence-corrected chi connectivity index (χ1v) is 7.29. The topological polar surface area (TPSA) is 68.8 Å². The SMILES string of the molecule is Cc1ncc(C(Cc2nc3ccccc3n2C)NN)s1. The molecule has 2 aromatic heterocycles. The van der Waals surface area contributed by atoms with Crippen LogP contribution in [0, 0.1) is 6.92 Å². The Bertz CT molecular complexity index is 730. The zero-order chi connectivity index (χ0) is 14.1. The van der Waals surface area contributed by atoms with E-state index in [9.17, 15) is 0 Å². The summed E-state index contributed by atoms with van der Waals surface area (Å²) < 4.78 is 2.12. The molecule has 0 saturated carbocycles. The first-order valence-electron chi connectivity index (χ1n) is 6.48. The summed E-state index contributed by atoms with van der Waals surface area (Å²) in [6.45, 7) is 2.00. The molecule has 1 atom stereocenters. The van der Waals surface area contributed by atoms with Gasteiger partial charge in [-0.05, 0) is 19.1 Å². The van der Waals surface area contributed by atoms with Crippen molar-refractivity contribution in [2.45, 2.75) is 19.4 Å². The van der Waals surface area contributed by atoms with E-state index in [1.54, 1.807) is 11.3 Å². The third-order valence-electron chi connectivity index (χ3n) is 3.45. The molecule has 5 nitrogen and oxygen atoms in total. The summed E-state index contributed by atoms with van der Waals surface area (Å²) >= 11 is 1.66. The van der Waals surface area contributed by atoms with E-state index in [1.165, 1.54) is 0 Å². The zero-order valence-corrected chi connectivity index (χ0v) is 12.3. The van der Waals surface area contributed by atoms with Crippen molar-refractivity contribution in [1.82, 2.24) is 20.0 Å². The standard InChI is InChI=1S/C14H17N5S/c1-9-16-8-13(20-9)11(18-15)7-14-17-10-5-3-4-6-12(10)19(14)2/h3-6,8,11,18H,7,15H2,1-2H3. The first kappa shape index (κ1) is 13.2. The fraction of sp³-hybridized carbons (Fsp3) is 0.286. The van der Waals surface area contributed by atoms with Gasteiger partial charge in [0.1, 0.15) is 5.82 Å². The molecule has 1 aromatic carbocycles. The summed E-state index contributed by atoms with van der Waals surface area (Å²) in [4.78, 5) is 10.1. The lowest BCUT2D eigenvalue weighted by Crippen LogP contribution is -2.29. The van der Waals surface area contributed by atoms with Crippen LogP contribution in [-0.2, 0) is 13.5 Å². The molecular formula is C14H17N5S. The van der Waals surface area contributed by atoms with E-state index in [1.807, 2.05) is 38.4 Å². The van der Waals surface area contributed by atoms with E-state index < -0.39 is 0 Å². The number of nitrogens with zero attached hydrogens (tertiary/aromatic N) is 3. The maximum absolute atomic E-state index is 5.70. The molecule has 0 fully saturated rings. The Balaban J connectivity index is 1.93. The van der Waals surface area contributed by atoms with E-state index in [0.29, 0.717) is 0 Å². The Morgan fingerprint density at radius 2 is 2.20 bits per heavy atom. The normalized spacial score (nSPS) is 12.9. The van der Waals surface area contributed by atoms with Crippen LogP contribution in [0.2, 0.25) is 0 Å². The fourth-order valence-electron chi connectivity index (χ4n) is 2.34. The third-order valence-corrected chi connectivity index (χ3v) is 4.48. The number of aryl methyl sites for hydroxylation is 2. The molecule has 20 heavy (non-hydrogen) atoms. The number of nitrogens with one attached hydrogen (secondary N) is 1. The highest BCUT2D eigenvalue weighted by Crippen LogP contribution is 2.24. The van der Waals surface area contributed by atoms with Gasteiger partial charge in [-0.1, -0.05) is 12.1 Å². The minimum atomic E-state index is 0.0386. The lowest BCUT2D eigenvalue weighted by Gasteiger charge is -2.13. The number of rotatable bonds is 4. The highest BCUT2D eigenvalue weighted by molar-refractivity contribution is 7.11. The van der Waals surface area contributed by atoms with Crippen molar-refractivity contribution in [1.29, 1.82) is 0 Å². The molecule has 104 valence electrons. The van der Waals surface area contributed by atoms with Crippen molar-refractivity contribution in [3.63, 3.8) is 0 Å². The summed E-state index contributed by atoms with van der Waals surface area (Å²) in [5.74, 6) is 6.71. The minimum absolute atomic E-state index is 0.0386. The number of fused-ring (bicyclic) bond motifs is 1. The first-order chi connectivity index (χ1) is 9.69. The van der Waals surface area contributed by atoms with Crippen LogP contribution >= 0.6 is 11.3 Å². The number of hydrogen-bond donors (Lipinski definition) is 2. The summed E-state index contributed by atoms with van der Waals surface area (Å²) in [6, 6.07) is 8.17. The number of para-hydroxylation sites is 2. The van der Waals surface area contributed by atoms with Gasteiger partial charge >= 0.3 is 0 Å². The molecule has 0 aliphatic carbocycles. The Hall–Kier alpha value is -1.76. The summed E-state index contributed by atoms with van der Waals surface area (Å²) in [5, 5.41) is 1.05. The molecule has 0 saturated heterocycles. The minimum Gasteiger partial charge on any atom is -0.331 e. The number of hydrogen-bond acceptors (Lipinski definition) is 5. The van der Waals surface area contributed by atoms with E-state index in [-0.39, 0.29) is 6.04 Å².